The Labute approximate surface area is 156 Å². The second-order valence-corrected chi connectivity index (χ2v) is 6.24. The number of nitrogens with one attached hydrogen (secondary N) is 1. The molecule has 0 bridgehead atoms. The molecule has 0 radical (unpaired) electrons. The molecule has 3 aromatic rings. The number of carbonyl (C=O) groups excluding carboxylic acids is 1. The van der Waals surface area contributed by atoms with E-state index in [1.165, 1.54) is 11.0 Å². The zero-order chi connectivity index (χ0) is 18.8. The van der Waals surface area contributed by atoms with Crippen molar-refractivity contribution in [3.05, 3.63) is 55.7 Å². The Balaban J connectivity index is 1.43. The van der Waals surface area contributed by atoms with Gasteiger partial charge in [-0.15, -0.1) is 5.10 Å². The molecule has 0 aliphatic carbocycles. The summed E-state index contributed by atoms with van der Waals surface area (Å²) < 4.78 is 3.47. The third-order valence-electron chi connectivity index (χ3n) is 4.58. The molecule has 9 nitrogen and oxygen atoms in total. The highest BCUT2D eigenvalue weighted by atomic mass is 16.2. The highest BCUT2D eigenvalue weighted by molar-refractivity contribution is 5.90. The SMILES string of the molecule is C=CC(=CC)n1cnc(C(=O)NC2CCN(c3nccn4ccnc34)C2)n1. The summed E-state index contributed by atoms with van der Waals surface area (Å²) in [6.07, 6.45) is 13.1. The number of hydrogen-bond acceptors (Lipinski definition) is 6. The van der Waals surface area contributed by atoms with Crippen LogP contribution in [0.2, 0.25) is 0 Å². The number of anilines is 1. The lowest BCUT2D eigenvalue weighted by Gasteiger charge is -2.18. The molecule has 1 unspecified atom stereocenters. The number of carbonyl (C=O) groups is 1. The summed E-state index contributed by atoms with van der Waals surface area (Å²) >= 11 is 0. The van der Waals surface area contributed by atoms with Crippen molar-refractivity contribution in [1.82, 2.24) is 34.4 Å². The normalized spacial score (nSPS) is 17.4. The van der Waals surface area contributed by atoms with Crippen molar-refractivity contribution in [1.29, 1.82) is 0 Å². The molecule has 0 saturated carbocycles. The van der Waals surface area contributed by atoms with E-state index in [0.29, 0.717) is 6.54 Å². The number of aromatic nitrogens is 6. The van der Waals surface area contributed by atoms with E-state index >= 15 is 0 Å². The van der Waals surface area contributed by atoms with Gasteiger partial charge < -0.3 is 14.6 Å². The van der Waals surface area contributed by atoms with Gasteiger partial charge in [-0.3, -0.25) is 4.79 Å². The van der Waals surface area contributed by atoms with Crippen LogP contribution in [-0.4, -0.2) is 54.2 Å². The molecule has 0 aromatic carbocycles. The Morgan fingerprint density at radius 3 is 2.89 bits per heavy atom. The van der Waals surface area contributed by atoms with Crippen molar-refractivity contribution in [2.24, 2.45) is 0 Å². The Hall–Kier alpha value is -3.49. The van der Waals surface area contributed by atoms with E-state index in [1.807, 2.05) is 29.8 Å². The number of allylic oxidation sites excluding steroid dienone is 3. The number of imidazole rings is 1. The molecule has 1 aliphatic rings. The standard InChI is InChI=1S/C18H20N8O/c1-3-14(4-2)26-12-21-15(23-26)18(27)22-13-5-8-25(11-13)17-16-19-6-9-24(16)10-7-20-17/h3-4,6-7,9-10,12-13H,1,5,8,11H2,2H3,(H,22,27). The third-order valence-corrected chi connectivity index (χ3v) is 4.58. The predicted molar refractivity (Wildman–Crippen MR) is 101 cm³/mol. The minimum atomic E-state index is -0.285. The predicted octanol–water partition coefficient (Wildman–Crippen LogP) is 1.38. The summed E-state index contributed by atoms with van der Waals surface area (Å²) in [6.45, 7) is 7.06. The van der Waals surface area contributed by atoms with Crippen molar-refractivity contribution < 1.29 is 4.79 Å². The van der Waals surface area contributed by atoms with Gasteiger partial charge in [0, 0.05) is 43.9 Å². The van der Waals surface area contributed by atoms with Crippen molar-refractivity contribution in [2.45, 2.75) is 19.4 Å². The highest BCUT2D eigenvalue weighted by Crippen LogP contribution is 2.22. The van der Waals surface area contributed by atoms with E-state index in [9.17, 15) is 4.79 Å². The van der Waals surface area contributed by atoms with Gasteiger partial charge in [0.2, 0.25) is 5.82 Å². The maximum absolute atomic E-state index is 12.5. The van der Waals surface area contributed by atoms with Crippen LogP contribution in [0.1, 0.15) is 24.0 Å². The number of rotatable bonds is 5. The van der Waals surface area contributed by atoms with Gasteiger partial charge in [-0.2, -0.15) is 0 Å². The summed E-state index contributed by atoms with van der Waals surface area (Å²) in [5, 5.41) is 7.23. The van der Waals surface area contributed by atoms with Crippen LogP contribution in [0.15, 0.2) is 49.8 Å². The fourth-order valence-electron chi connectivity index (χ4n) is 3.22. The largest absolute Gasteiger partial charge is 0.351 e. The van der Waals surface area contributed by atoms with Gasteiger partial charge >= 0.3 is 0 Å². The first-order chi connectivity index (χ1) is 13.2. The number of nitrogens with zero attached hydrogens (tertiary/aromatic N) is 7. The second kappa shape index (κ2) is 7.02. The van der Waals surface area contributed by atoms with Crippen LogP contribution >= 0.6 is 0 Å². The van der Waals surface area contributed by atoms with Crippen LogP contribution in [0.3, 0.4) is 0 Å². The van der Waals surface area contributed by atoms with E-state index in [-0.39, 0.29) is 17.8 Å². The van der Waals surface area contributed by atoms with Gasteiger partial charge in [0.05, 0.1) is 5.70 Å². The summed E-state index contributed by atoms with van der Waals surface area (Å²) in [5.41, 5.74) is 1.58. The maximum Gasteiger partial charge on any atom is 0.291 e. The second-order valence-electron chi connectivity index (χ2n) is 6.24. The number of fused-ring (bicyclic) bond motifs is 1. The summed E-state index contributed by atoms with van der Waals surface area (Å²) in [4.78, 5) is 27.5. The van der Waals surface area contributed by atoms with Gasteiger partial charge in [-0.25, -0.2) is 19.6 Å². The molecule has 1 amide bonds. The molecule has 1 fully saturated rings. The van der Waals surface area contributed by atoms with E-state index < -0.39 is 0 Å². The molecule has 1 N–H and O–H groups in total. The summed E-state index contributed by atoms with van der Waals surface area (Å²) in [6, 6.07) is 0.00191. The molecule has 1 aliphatic heterocycles. The van der Waals surface area contributed by atoms with Crippen molar-refractivity contribution in [3.8, 4) is 0 Å². The molecule has 138 valence electrons. The van der Waals surface area contributed by atoms with Crippen LogP contribution in [0.5, 0.6) is 0 Å². The topological polar surface area (TPSA) is 93.2 Å². The molecule has 4 heterocycles. The van der Waals surface area contributed by atoms with Crippen LogP contribution in [0.25, 0.3) is 11.3 Å². The van der Waals surface area contributed by atoms with Crippen molar-refractivity contribution in [3.63, 3.8) is 0 Å². The lowest BCUT2D eigenvalue weighted by atomic mass is 10.2. The van der Waals surface area contributed by atoms with Crippen LogP contribution in [0.4, 0.5) is 5.82 Å². The Morgan fingerprint density at radius 2 is 2.11 bits per heavy atom. The van der Waals surface area contributed by atoms with Crippen LogP contribution < -0.4 is 10.2 Å². The van der Waals surface area contributed by atoms with Gasteiger partial charge in [-0.1, -0.05) is 12.7 Å². The van der Waals surface area contributed by atoms with Crippen LogP contribution in [-0.2, 0) is 0 Å². The molecular weight excluding hydrogens is 344 g/mol. The molecule has 4 rings (SSSR count). The van der Waals surface area contributed by atoms with E-state index in [1.54, 1.807) is 18.5 Å². The average molecular weight is 364 g/mol. The van der Waals surface area contributed by atoms with Crippen molar-refractivity contribution >= 4 is 23.1 Å². The maximum atomic E-state index is 12.5. The Morgan fingerprint density at radius 1 is 1.30 bits per heavy atom. The molecule has 9 heteroatoms. The van der Waals surface area contributed by atoms with Gasteiger partial charge in [0.1, 0.15) is 6.33 Å². The van der Waals surface area contributed by atoms with Gasteiger partial charge in [-0.05, 0) is 19.4 Å². The number of amides is 1. The lowest BCUT2D eigenvalue weighted by molar-refractivity contribution is 0.0930. The molecule has 0 spiro atoms. The molecule has 1 atom stereocenters. The minimum absolute atomic E-state index is 0.00191. The summed E-state index contributed by atoms with van der Waals surface area (Å²) in [7, 11) is 0. The molecular formula is C18H20N8O. The van der Waals surface area contributed by atoms with Gasteiger partial charge in [0.25, 0.3) is 5.91 Å². The Bertz CT molecular complexity index is 1020. The molecule has 3 aromatic heterocycles. The highest BCUT2D eigenvalue weighted by Gasteiger charge is 2.27. The number of hydrogen-bond donors (Lipinski definition) is 1. The van der Waals surface area contributed by atoms with Gasteiger partial charge in [0.15, 0.2) is 11.5 Å². The fourth-order valence-corrected chi connectivity index (χ4v) is 3.22. The van der Waals surface area contributed by atoms with Crippen molar-refractivity contribution in [2.75, 3.05) is 18.0 Å². The fraction of sp³-hybridized carbons (Fsp3) is 0.278. The first-order valence-corrected chi connectivity index (χ1v) is 8.74. The molecule has 1 saturated heterocycles. The van der Waals surface area contributed by atoms with E-state index in [0.717, 1.165) is 30.1 Å². The monoisotopic (exact) mass is 364 g/mol. The molecule has 27 heavy (non-hydrogen) atoms. The summed E-state index contributed by atoms with van der Waals surface area (Å²) in [5.74, 6) is 0.681. The third kappa shape index (κ3) is 3.19. The smallest absolute Gasteiger partial charge is 0.291 e. The van der Waals surface area contributed by atoms with Crippen LogP contribution in [0, 0.1) is 0 Å². The Kier molecular flexibility index (Phi) is 4.41. The average Bonchev–Trinajstić information content (AvgIpc) is 3.43. The lowest BCUT2D eigenvalue weighted by Crippen LogP contribution is -2.37. The zero-order valence-corrected chi connectivity index (χ0v) is 15.0. The minimum Gasteiger partial charge on any atom is -0.351 e. The first-order valence-electron chi connectivity index (χ1n) is 8.74. The zero-order valence-electron chi connectivity index (χ0n) is 15.0. The first kappa shape index (κ1) is 17.0. The van der Waals surface area contributed by atoms with E-state index in [4.69, 9.17) is 0 Å². The van der Waals surface area contributed by atoms with E-state index in [2.05, 4.69) is 36.8 Å². The quantitative estimate of drug-likeness (QED) is 0.688.